The molecule has 10 rings (SSSR count). The van der Waals surface area contributed by atoms with Gasteiger partial charge < -0.3 is 69.5 Å². The Balaban J connectivity index is 0.000000223. The van der Waals surface area contributed by atoms with E-state index in [9.17, 15) is 47.8 Å². The van der Waals surface area contributed by atoms with E-state index in [1.807, 2.05) is 0 Å². The summed E-state index contributed by atoms with van der Waals surface area (Å²) in [7, 11) is 0. The number of carboxylic acid groups (broad SMARTS) is 2. The molecule has 2 saturated carbocycles. The molecule has 444 valence electrons. The molecule has 2 heterocycles. The van der Waals surface area contributed by atoms with Crippen LogP contribution in [0.15, 0.2) is 134 Å². The predicted molar refractivity (Wildman–Crippen MR) is 305 cm³/mol. The second kappa shape index (κ2) is 28.3. The van der Waals surface area contributed by atoms with Crippen molar-refractivity contribution >= 4 is 118 Å². The number of rotatable bonds is 24. The van der Waals surface area contributed by atoms with Gasteiger partial charge in [-0.05, 0) is 137 Å². The number of amides is 4. The van der Waals surface area contributed by atoms with E-state index >= 15 is 8.78 Å². The van der Waals surface area contributed by atoms with Gasteiger partial charge in [0, 0.05) is 95.0 Å². The molecule has 0 aliphatic heterocycles. The number of hydrogen-bond donors (Lipinski definition) is 4. The molecule has 87 heavy (non-hydrogen) atoms. The molecule has 0 radical (unpaired) electrons. The minimum Gasteiger partial charge on any atom is -0.550 e. The molecule has 0 saturated heterocycles. The number of hydrogen-bond acceptors (Lipinski definition) is 16. The topological polar surface area (TPSA) is 278 Å². The molecular formula is C62H52CaF4N6O14. The number of aliphatic carboxylic acids is 2. The van der Waals surface area contributed by atoms with E-state index in [0.29, 0.717) is 83.6 Å². The quantitative estimate of drug-likeness (QED) is 0.0250. The summed E-state index contributed by atoms with van der Waals surface area (Å²) in [6.45, 7) is 3.89. The standard InChI is InChI=1S/2C31H27F2N3O7.Ca/c2*1-2-41-26-16-21-23(17-27(26)42-14-10-28(37)38)34-13-9-24(21)43-25-8-7-20(15-22(25)33)36-30(40)31(11-12-31)29(39)35-19-5-3-18(32)4-6-19;/h2*3-9,13,15-17H,2,10-12,14H2,1H3,(H,35,39)(H,36,40)(H,37,38);/q;;+2/p-2. The number of carboxylic acids is 2. The molecule has 0 bridgehead atoms. The fraction of sp³-hybridized carbons (Fsp3) is 0.226. The Hall–Kier alpha value is -9.26. The zero-order chi connectivity index (χ0) is 61.1. The van der Waals surface area contributed by atoms with Gasteiger partial charge in [0.15, 0.2) is 46.1 Å². The van der Waals surface area contributed by atoms with Gasteiger partial charge in [-0.25, -0.2) is 17.6 Å². The van der Waals surface area contributed by atoms with Gasteiger partial charge in [-0.15, -0.1) is 0 Å². The number of carbonyl (C=O) groups excluding carboxylic acids is 6. The van der Waals surface area contributed by atoms with Crippen molar-refractivity contribution < 1.29 is 85.0 Å². The maximum Gasteiger partial charge on any atom is 2.00 e. The van der Waals surface area contributed by atoms with Gasteiger partial charge in [0.1, 0.15) is 34.0 Å². The summed E-state index contributed by atoms with van der Waals surface area (Å²) >= 11 is 0. The number of anilines is 4. The van der Waals surface area contributed by atoms with Crippen LogP contribution in [0.1, 0.15) is 52.4 Å². The molecule has 2 aliphatic rings. The number of pyridine rings is 2. The molecule has 25 heteroatoms. The minimum absolute atomic E-state index is 0. The van der Waals surface area contributed by atoms with Crippen LogP contribution in [0.5, 0.6) is 46.0 Å². The zero-order valence-corrected chi connectivity index (χ0v) is 48.8. The Bertz CT molecular complexity index is 3640. The van der Waals surface area contributed by atoms with Crippen molar-refractivity contribution in [3.8, 4) is 46.0 Å². The Kier molecular flexibility index (Phi) is 20.7. The van der Waals surface area contributed by atoms with Crippen molar-refractivity contribution in [2.45, 2.75) is 52.4 Å². The van der Waals surface area contributed by atoms with Gasteiger partial charge in [-0.1, -0.05) is 0 Å². The third-order valence-corrected chi connectivity index (χ3v) is 13.5. The monoisotopic (exact) mass is 1220 g/mol. The molecule has 4 N–H and O–H groups in total. The summed E-state index contributed by atoms with van der Waals surface area (Å²) in [4.78, 5) is 81.7. The third-order valence-electron chi connectivity index (χ3n) is 13.5. The first-order valence-electron chi connectivity index (χ1n) is 26.8. The molecule has 20 nitrogen and oxygen atoms in total. The van der Waals surface area contributed by atoms with E-state index in [1.165, 1.54) is 85.2 Å². The Morgan fingerprint density at radius 1 is 0.437 bits per heavy atom. The number of ether oxygens (including phenoxy) is 6. The van der Waals surface area contributed by atoms with Crippen molar-refractivity contribution in [2.75, 3.05) is 47.7 Å². The largest absolute Gasteiger partial charge is 2.00 e. The van der Waals surface area contributed by atoms with Crippen LogP contribution < -0.4 is 59.9 Å². The van der Waals surface area contributed by atoms with Crippen molar-refractivity contribution in [2.24, 2.45) is 10.8 Å². The van der Waals surface area contributed by atoms with Crippen LogP contribution in [-0.2, 0) is 28.8 Å². The number of nitrogens with zero attached hydrogens (tertiary/aromatic N) is 2. The summed E-state index contributed by atoms with van der Waals surface area (Å²) in [6.07, 6.45) is 3.58. The molecule has 2 aromatic heterocycles. The van der Waals surface area contributed by atoms with Crippen LogP contribution in [0.25, 0.3) is 21.8 Å². The van der Waals surface area contributed by atoms with Gasteiger partial charge in [0.2, 0.25) is 23.6 Å². The number of benzene rings is 6. The summed E-state index contributed by atoms with van der Waals surface area (Å²) in [5, 5.41) is 32.9. The third kappa shape index (κ3) is 15.8. The summed E-state index contributed by atoms with van der Waals surface area (Å²) in [6, 6.07) is 27.5. The number of aromatic nitrogens is 2. The van der Waals surface area contributed by atoms with Crippen LogP contribution in [0.3, 0.4) is 0 Å². The van der Waals surface area contributed by atoms with E-state index in [1.54, 1.807) is 50.2 Å². The van der Waals surface area contributed by atoms with Crippen molar-refractivity contribution in [1.82, 2.24) is 9.97 Å². The first kappa shape index (κ1) is 63.8. The van der Waals surface area contributed by atoms with E-state index in [2.05, 4.69) is 31.2 Å². The number of fused-ring (bicyclic) bond motifs is 2. The summed E-state index contributed by atoms with van der Waals surface area (Å²) < 4.78 is 90.7. The average molecular weight is 1220 g/mol. The molecular weight excluding hydrogens is 1170 g/mol. The van der Waals surface area contributed by atoms with Crippen LogP contribution in [0.4, 0.5) is 40.3 Å². The molecule has 2 aliphatic carbocycles. The van der Waals surface area contributed by atoms with E-state index in [-0.39, 0.29) is 110 Å². The number of halogens is 4. The summed E-state index contributed by atoms with van der Waals surface area (Å²) in [5.74, 6) is -5.69. The van der Waals surface area contributed by atoms with Crippen molar-refractivity contribution in [3.63, 3.8) is 0 Å². The van der Waals surface area contributed by atoms with Crippen molar-refractivity contribution in [1.29, 1.82) is 0 Å². The molecule has 4 amide bonds. The summed E-state index contributed by atoms with van der Waals surface area (Å²) in [5.41, 5.74) is -0.767. The zero-order valence-electron chi connectivity index (χ0n) is 46.6. The van der Waals surface area contributed by atoms with E-state index in [0.717, 1.165) is 12.1 Å². The minimum atomic E-state index is -1.30. The molecule has 0 unspecified atom stereocenters. The Morgan fingerprint density at radius 2 is 0.770 bits per heavy atom. The second-order valence-corrected chi connectivity index (χ2v) is 19.5. The van der Waals surface area contributed by atoms with Gasteiger partial charge in [0.05, 0.1) is 37.5 Å². The van der Waals surface area contributed by atoms with Gasteiger partial charge in [-0.3, -0.25) is 29.1 Å². The molecule has 6 aromatic carbocycles. The van der Waals surface area contributed by atoms with Crippen LogP contribution >= 0.6 is 0 Å². The maximum absolute atomic E-state index is 15.1. The van der Waals surface area contributed by atoms with E-state index < -0.39 is 69.7 Å². The Labute approximate surface area is 523 Å². The number of nitrogens with one attached hydrogen (secondary N) is 4. The van der Waals surface area contributed by atoms with Gasteiger partial charge >= 0.3 is 37.7 Å². The Morgan fingerprint density at radius 3 is 1.09 bits per heavy atom. The van der Waals surface area contributed by atoms with Crippen LogP contribution in [-0.4, -0.2) is 110 Å². The molecule has 0 atom stereocenters. The second-order valence-electron chi connectivity index (χ2n) is 19.5. The molecule has 2 fully saturated rings. The number of carbonyl (C=O) groups is 6. The smallest absolute Gasteiger partial charge is 0.550 e. The van der Waals surface area contributed by atoms with Crippen LogP contribution in [0, 0.1) is 34.1 Å². The molecule has 0 spiro atoms. The normalized spacial score (nSPS) is 13.0. The van der Waals surface area contributed by atoms with E-state index in [4.69, 9.17) is 28.4 Å². The fourth-order valence-corrected chi connectivity index (χ4v) is 8.68. The van der Waals surface area contributed by atoms with Crippen LogP contribution in [0.2, 0.25) is 0 Å². The fourth-order valence-electron chi connectivity index (χ4n) is 8.68. The predicted octanol–water partition coefficient (Wildman–Crippen LogP) is 8.78. The SMILES string of the molecule is CCOc1cc2c(Oc3ccc(NC(=O)C4(C(=O)Nc5ccc(F)cc5)CC4)cc3F)ccnc2cc1OCCC(=O)[O-].CCOc1cc2c(Oc3ccc(NC(=O)C4(C(=O)Nc5ccc(F)cc5)CC4)cc3F)ccnc2cc1OCCC(=O)[O-].[Ca+2]. The van der Waals surface area contributed by atoms with Crippen molar-refractivity contribution in [3.05, 3.63) is 157 Å². The average Bonchev–Trinajstić information content (AvgIpc) is 1.78. The molecule has 8 aromatic rings. The van der Waals surface area contributed by atoms with Gasteiger partial charge in [0.25, 0.3) is 0 Å². The first-order valence-corrected chi connectivity index (χ1v) is 26.8. The first-order chi connectivity index (χ1) is 41.4. The van der Waals surface area contributed by atoms with Gasteiger partial charge in [-0.2, -0.15) is 0 Å². The maximum atomic E-state index is 15.1.